The van der Waals surface area contributed by atoms with Crippen molar-refractivity contribution in [1.82, 2.24) is 4.57 Å². The molecule has 1 N–H and O–H groups in total. The first-order chi connectivity index (χ1) is 16.0. The van der Waals surface area contributed by atoms with E-state index in [0.29, 0.717) is 17.9 Å². The Balaban J connectivity index is 1.89. The van der Waals surface area contributed by atoms with Crippen LogP contribution in [0.25, 0.3) is 22.3 Å². The summed E-state index contributed by atoms with van der Waals surface area (Å²) in [4.78, 5) is 16.0. The van der Waals surface area contributed by atoms with Crippen LogP contribution in [-0.2, 0) is 13.2 Å². The number of carbonyl (C=O) groups is 1. The fraction of sp³-hybridized carbons (Fsp3) is 0.179. The van der Waals surface area contributed by atoms with Crippen molar-refractivity contribution in [2.45, 2.75) is 33.0 Å². The molecule has 33 heavy (non-hydrogen) atoms. The Morgan fingerprint density at radius 1 is 0.909 bits per heavy atom. The van der Waals surface area contributed by atoms with E-state index in [4.69, 9.17) is 0 Å². The topological polar surface area (TPSA) is 45.5 Å². The monoisotopic (exact) mass is 440 g/mol. The molecule has 2 heterocycles. The number of rotatable bonds is 4. The standard InChI is InChI=1S/C28H25FN2O2/c1-18(2)31-24(17-32)25(19-12-14-21(29)15-13-19)26-23-11-7-6-8-20(23)16-30(28(33)27(26)31)22-9-4-3-5-10-22/h3-15,18,32H,16-17H2,1-2H3. The van der Waals surface area contributed by atoms with Crippen LogP contribution in [0.2, 0.25) is 0 Å². The lowest BCUT2D eigenvalue weighted by molar-refractivity contribution is 0.0975. The summed E-state index contributed by atoms with van der Waals surface area (Å²) in [5.74, 6) is -0.449. The Labute approximate surface area is 192 Å². The number of halogens is 1. The number of benzene rings is 3. The minimum atomic E-state index is -0.328. The number of aromatic nitrogens is 1. The first-order valence-electron chi connectivity index (χ1n) is 11.1. The molecule has 0 spiro atoms. The third-order valence-corrected chi connectivity index (χ3v) is 6.24. The highest BCUT2D eigenvalue weighted by Crippen LogP contribution is 2.45. The van der Waals surface area contributed by atoms with Gasteiger partial charge in [0.2, 0.25) is 0 Å². The number of anilines is 1. The molecule has 1 aliphatic heterocycles. The van der Waals surface area contributed by atoms with E-state index in [0.717, 1.165) is 33.5 Å². The summed E-state index contributed by atoms with van der Waals surface area (Å²) in [6.07, 6.45) is 0. The van der Waals surface area contributed by atoms with Gasteiger partial charge in [-0.3, -0.25) is 4.79 Å². The van der Waals surface area contributed by atoms with Gasteiger partial charge in [-0.25, -0.2) is 4.39 Å². The zero-order valence-corrected chi connectivity index (χ0v) is 18.6. The molecule has 0 fully saturated rings. The molecule has 5 rings (SSSR count). The molecule has 0 atom stereocenters. The zero-order valence-electron chi connectivity index (χ0n) is 18.6. The van der Waals surface area contributed by atoms with Crippen molar-refractivity contribution < 1.29 is 14.3 Å². The molecule has 0 saturated heterocycles. The van der Waals surface area contributed by atoms with Crippen LogP contribution < -0.4 is 4.90 Å². The average molecular weight is 441 g/mol. The van der Waals surface area contributed by atoms with E-state index in [2.05, 4.69) is 0 Å². The lowest BCUT2D eigenvalue weighted by Gasteiger charge is -2.24. The largest absolute Gasteiger partial charge is 0.390 e. The molecule has 0 saturated carbocycles. The van der Waals surface area contributed by atoms with E-state index in [1.165, 1.54) is 12.1 Å². The summed E-state index contributed by atoms with van der Waals surface area (Å²) in [5, 5.41) is 10.5. The van der Waals surface area contributed by atoms with Crippen molar-refractivity contribution in [1.29, 1.82) is 0 Å². The summed E-state index contributed by atoms with van der Waals surface area (Å²) in [5.41, 5.74) is 6.31. The van der Waals surface area contributed by atoms with Crippen LogP contribution >= 0.6 is 0 Å². The maximum absolute atomic E-state index is 14.2. The predicted molar refractivity (Wildman–Crippen MR) is 129 cm³/mol. The lowest BCUT2D eigenvalue weighted by Crippen LogP contribution is -2.31. The molecule has 4 aromatic rings. The van der Waals surface area contributed by atoms with Gasteiger partial charge in [0.25, 0.3) is 5.91 Å². The summed E-state index contributed by atoms with van der Waals surface area (Å²) >= 11 is 0. The Morgan fingerprint density at radius 2 is 1.58 bits per heavy atom. The highest BCUT2D eigenvalue weighted by Gasteiger charge is 2.35. The predicted octanol–water partition coefficient (Wildman–Crippen LogP) is 6.19. The van der Waals surface area contributed by atoms with Gasteiger partial charge in [0.05, 0.1) is 18.8 Å². The maximum atomic E-state index is 14.2. The molecule has 3 aromatic carbocycles. The van der Waals surface area contributed by atoms with Crippen LogP contribution in [0, 0.1) is 5.82 Å². The van der Waals surface area contributed by atoms with Gasteiger partial charge in [0.15, 0.2) is 0 Å². The molecule has 4 nitrogen and oxygen atoms in total. The minimum absolute atomic E-state index is 0.0677. The highest BCUT2D eigenvalue weighted by atomic mass is 19.1. The number of aliphatic hydroxyl groups is 1. The normalized spacial score (nSPS) is 13.1. The molecule has 1 aliphatic rings. The summed E-state index contributed by atoms with van der Waals surface area (Å²) < 4.78 is 15.7. The van der Waals surface area contributed by atoms with Crippen molar-refractivity contribution in [3.63, 3.8) is 0 Å². The summed E-state index contributed by atoms with van der Waals surface area (Å²) in [7, 11) is 0. The number of nitrogens with zero attached hydrogens (tertiary/aromatic N) is 2. The van der Waals surface area contributed by atoms with Crippen molar-refractivity contribution >= 4 is 11.6 Å². The molecule has 0 radical (unpaired) electrons. The number of para-hydroxylation sites is 1. The second-order valence-corrected chi connectivity index (χ2v) is 8.56. The van der Waals surface area contributed by atoms with Gasteiger partial charge in [-0.15, -0.1) is 0 Å². The van der Waals surface area contributed by atoms with Crippen LogP contribution in [0.1, 0.15) is 41.6 Å². The zero-order chi connectivity index (χ0) is 23.1. The highest BCUT2D eigenvalue weighted by molar-refractivity contribution is 6.13. The molecule has 1 amide bonds. The summed E-state index contributed by atoms with van der Waals surface area (Å²) in [6.45, 7) is 4.21. The molecule has 5 heteroatoms. The number of amides is 1. The second-order valence-electron chi connectivity index (χ2n) is 8.56. The van der Waals surface area contributed by atoms with Crippen LogP contribution in [0.5, 0.6) is 0 Å². The van der Waals surface area contributed by atoms with Gasteiger partial charge >= 0.3 is 0 Å². The Kier molecular flexibility index (Phi) is 5.35. The fourth-order valence-corrected chi connectivity index (χ4v) is 4.85. The van der Waals surface area contributed by atoms with Gasteiger partial charge in [-0.05, 0) is 54.8 Å². The molecular weight excluding hydrogens is 415 g/mol. The third-order valence-electron chi connectivity index (χ3n) is 6.24. The van der Waals surface area contributed by atoms with E-state index < -0.39 is 0 Å². The molecule has 166 valence electrons. The van der Waals surface area contributed by atoms with Crippen LogP contribution in [-0.4, -0.2) is 15.6 Å². The minimum Gasteiger partial charge on any atom is -0.390 e. The number of aliphatic hydroxyl groups excluding tert-OH is 1. The molecule has 0 bridgehead atoms. The number of hydrogen-bond acceptors (Lipinski definition) is 2. The van der Waals surface area contributed by atoms with E-state index >= 15 is 0 Å². The van der Waals surface area contributed by atoms with Crippen LogP contribution in [0.3, 0.4) is 0 Å². The van der Waals surface area contributed by atoms with Gasteiger partial charge in [-0.2, -0.15) is 0 Å². The number of carbonyl (C=O) groups excluding carboxylic acids is 1. The van der Waals surface area contributed by atoms with Crippen molar-refractivity contribution in [2.24, 2.45) is 0 Å². The summed E-state index contributed by atoms with van der Waals surface area (Å²) in [6, 6.07) is 23.8. The van der Waals surface area contributed by atoms with Crippen molar-refractivity contribution in [2.75, 3.05) is 4.90 Å². The molecule has 0 aliphatic carbocycles. The first kappa shape index (κ1) is 21.2. The van der Waals surface area contributed by atoms with Gasteiger partial charge in [-0.1, -0.05) is 54.6 Å². The van der Waals surface area contributed by atoms with Crippen molar-refractivity contribution in [3.8, 4) is 22.3 Å². The van der Waals surface area contributed by atoms with Gasteiger partial charge < -0.3 is 14.6 Å². The van der Waals surface area contributed by atoms with Crippen molar-refractivity contribution in [3.05, 3.63) is 102 Å². The third kappa shape index (κ3) is 3.45. The molecule has 1 aromatic heterocycles. The van der Waals surface area contributed by atoms with Gasteiger partial charge in [0, 0.05) is 22.9 Å². The average Bonchev–Trinajstić information content (AvgIpc) is 3.12. The van der Waals surface area contributed by atoms with Gasteiger partial charge in [0.1, 0.15) is 11.5 Å². The van der Waals surface area contributed by atoms with E-state index in [1.54, 1.807) is 17.0 Å². The fourth-order valence-electron chi connectivity index (χ4n) is 4.85. The number of hydrogen-bond donors (Lipinski definition) is 1. The quantitative estimate of drug-likeness (QED) is 0.411. The maximum Gasteiger partial charge on any atom is 0.275 e. The Morgan fingerprint density at radius 3 is 2.24 bits per heavy atom. The van der Waals surface area contributed by atoms with E-state index in [1.807, 2.05) is 73.0 Å². The van der Waals surface area contributed by atoms with Crippen LogP contribution in [0.15, 0.2) is 78.9 Å². The molecular formula is C28H25FN2O2. The Hall–Kier alpha value is -3.70. The Bertz CT molecular complexity index is 1320. The molecule has 0 unspecified atom stereocenters. The van der Waals surface area contributed by atoms with Crippen LogP contribution in [0.4, 0.5) is 10.1 Å². The number of fused-ring (bicyclic) bond motifs is 3. The van der Waals surface area contributed by atoms with E-state index in [9.17, 15) is 14.3 Å². The smallest absolute Gasteiger partial charge is 0.275 e. The SMILES string of the molecule is CC(C)n1c(CO)c(-c2ccc(F)cc2)c2c1C(=O)N(c1ccccc1)Cc1ccccc1-2. The second kappa shape index (κ2) is 8.34. The first-order valence-corrected chi connectivity index (χ1v) is 11.1. The lowest BCUT2D eigenvalue weighted by atomic mass is 9.92. The van der Waals surface area contributed by atoms with E-state index in [-0.39, 0.29) is 24.4 Å².